The van der Waals surface area contributed by atoms with Crippen molar-refractivity contribution in [1.82, 2.24) is 0 Å². The normalized spacial score (nSPS) is 14.8. The Kier molecular flexibility index (Phi) is 27.2. The molecule has 0 aromatic heterocycles. The van der Waals surface area contributed by atoms with Gasteiger partial charge in [0.2, 0.25) is 0 Å². The average Bonchev–Trinajstić information content (AvgIpc) is 3.01. The zero-order chi connectivity index (χ0) is 33.8. The van der Waals surface area contributed by atoms with E-state index in [0.29, 0.717) is 43.4 Å². The quantitative estimate of drug-likeness (QED) is 0.0367. The summed E-state index contributed by atoms with van der Waals surface area (Å²) in [5, 5.41) is 28.4. The summed E-state index contributed by atoms with van der Waals surface area (Å²) < 4.78 is 0.614. The maximum Gasteiger partial charge on any atom is 0.306 e. The van der Waals surface area contributed by atoms with Crippen LogP contribution in [-0.2, 0) is 14.4 Å². The lowest BCUT2D eigenvalue weighted by Crippen LogP contribution is -2.52. The third-order valence-electron chi connectivity index (χ3n) is 9.91. The second-order valence-electron chi connectivity index (χ2n) is 14.1. The summed E-state index contributed by atoms with van der Waals surface area (Å²) in [5.41, 5.74) is 0. The number of hydrogen-bond donors (Lipinski definition) is 3. The zero-order valence-electron chi connectivity index (χ0n) is 29.6. The lowest BCUT2D eigenvalue weighted by molar-refractivity contribution is -0.929. The van der Waals surface area contributed by atoms with Crippen molar-refractivity contribution >= 4 is 17.9 Å². The number of carboxylic acids is 3. The summed E-state index contributed by atoms with van der Waals surface area (Å²) in [4.78, 5) is 34.6. The van der Waals surface area contributed by atoms with Crippen LogP contribution in [0.3, 0.4) is 0 Å². The smallest absolute Gasteiger partial charge is 0.306 e. The standard InChI is InChI=1S/C38H71NO6/c1-5-6-7-8-9-10-11-12-13-14-15-16-17-18-19-20-21-22-23-24-25-29-39(30-26-33(2)36(40)41,31-27-34(3)37(42)43)32-28-35(4)38(44)45/h5,33-35H,1,6-32H2,2-4H3,(H2-,40,41,42,43,44,45)/p+1. The Labute approximate surface area is 276 Å². The molecule has 0 aromatic rings. The van der Waals surface area contributed by atoms with Crippen molar-refractivity contribution in [3.8, 4) is 0 Å². The fourth-order valence-corrected chi connectivity index (χ4v) is 6.18. The van der Waals surface area contributed by atoms with Crippen molar-refractivity contribution in [2.45, 2.75) is 168 Å². The number of quaternary nitrogens is 1. The number of carboxylic acid groups (broad SMARTS) is 3. The van der Waals surface area contributed by atoms with Crippen LogP contribution in [0.15, 0.2) is 12.7 Å². The predicted molar refractivity (Wildman–Crippen MR) is 187 cm³/mol. The summed E-state index contributed by atoms with van der Waals surface area (Å²) in [6.07, 6.45) is 29.7. The van der Waals surface area contributed by atoms with E-state index in [1.165, 1.54) is 116 Å². The summed E-state index contributed by atoms with van der Waals surface area (Å²) >= 11 is 0. The van der Waals surface area contributed by atoms with Gasteiger partial charge in [-0.1, -0.05) is 130 Å². The van der Waals surface area contributed by atoms with Crippen LogP contribution in [0.1, 0.15) is 168 Å². The number of hydrogen-bond acceptors (Lipinski definition) is 3. The van der Waals surface area contributed by atoms with Crippen molar-refractivity contribution in [3.63, 3.8) is 0 Å². The molecule has 0 amide bonds. The van der Waals surface area contributed by atoms with Crippen LogP contribution in [0, 0.1) is 17.8 Å². The van der Waals surface area contributed by atoms with E-state index in [-0.39, 0.29) is 0 Å². The molecule has 0 spiro atoms. The second kappa shape index (κ2) is 28.3. The molecule has 0 bridgehead atoms. The molecule has 0 saturated carbocycles. The minimum absolute atomic E-state index is 0.478. The van der Waals surface area contributed by atoms with Gasteiger partial charge in [0, 0.05) is 19.3 Å². The van der Waals surface area contributed by atoms with E-state index in [4.69, 9.17) is 0 Å². The molecule has 7 heteroatoms. The van der Waals surface area contributed by atoms with Gasteiger partial charge in [0.25, 0.3) is 0 Å². The SMILES string of the molecule is C=CCCCCCCCCCCCCCCCCCCCCC[N+](CCC(C)C(=O)O)(CCC(C)C(=O)O)CCC(C)C(=O)O. The van der Waals surface area contributed by atoms with Crippen LogP contribution in [0.4, 0.5) is 0 Å². The van der Waals surface area contributed by atoms with Gasteiger partial charge in [-0.15, -0.1) is 6.58 Å². The summed E-state index contributed by atoms with van der Waals surface area (Å²) in [6.45, 7) is 11.7. The Balaban J connectivity index is 4.29. The Morgan fingerprint density at radius 2 is 0.711 bits per heavy atom. The molecule has 45 heavy (non-hydrogen) atoms. The molecule has 0 aliphatic heterocycles. The molecule has 264 valence electrons. The van der Waals surface area contributed by atoms with E-state index in [0.717, 1.165) is 19.4 Å². The minimum Gasteiger partial charge on any atom is -0.481 e. The predicted octanol–water partition coefficient (Wildman–Crippen LogP) is 10.1. The fourth-order valence-electron chi connectivity index (χ4n) is 6.18. The summed E-state index contributed by atoms with van der Waals surface area (Å²) in [5.74, 6) is -3.90. The van der Waals surface area contributed by atoms with Crippen LogP contribution in [0.5, 0.6) is 0 Å². The van der Waals surface area contributed by atoms with Gasteiger partial charge in [0.1, 0.15) is 0 Å². The maximum atomic E-state index is 11.5. The minimum atomic E-state index is -0.821. The molecule has 0 radical (unpaired) electrons. The van der Waals surface area contributed by atoms with E-state index in [1.807, 2.05) is 6.08 Å². The molecule has 3 atom stereocenters. The largest absolute Gasteiger partial charge is 0.481 e. The topological polar surface area (TPSA) is 112 Å². The monoisotopic (exact) mass is 639 g/mol. The zero-order valence-corrected chi connectivity index (χ0v) is 29.6. The van der Waals surface area contributed by atoms with Crippen molar-refractivity contribution in [2.24, 2.45) is 17.8 Å². The highest BCUT2D eigenvalue weighted by molar-refractivity contribution is 5.70. The highest BCUT2D eigenvalue weighted by Crippen LogP contribution is 2.22. The molecule has 0 fully saturated rings. The molecule has 0 aliphatic carbocycles. The van der Waals surface area contributed by atoms with Crippen molar-refractivity contribution in [2.75, 3.05) is 26.2 Å². The third-order valence-corrected chi connectivity index (χ3v) is 9.91. The fraction of sp³-hybridized carbons (Fsp3) is 0.868. The lowest BCUT2D eigenvalue weighted by atomic mass is 10.0. The first kappa shape index (κ1) is 43.1. The molecule has 0 rings (SSSR count). The lowest BCUT2D eigenvalue weighted by Gasteiger charge is -2.40. The van der Waals surface area contributed by atoms with Crippen LogP contribution >= 0.6 is 0 Å². The van der Waals surface area contributed by atoms with Gasteiger partial charge in [0.05, 0.1) is 43.9 Å². The van der Waals surface area contributed by atoms with E-state index in [1.54, 1.807) is 20.8 Å². The van der Waals surface area contributed by atoms with E-state index < -0.39 is 35.7 Å². The first-order valence-corrected chi connectivity index (χ1v) is 18.7. The van der Waals surface area contributed by atoms with Crippen LogP contribution in [0.25, 0.3) is 0 Å². The molecule has 0 aromatic carbocycles. The van der Waals surface area contributed by atoms with Crippen LogP contribution in [0.2, 0.25) is 0 Å². The van der Waals surface area contributed by atoms with Crippen LogP contribution < -0.4 is 0 Å². The molecular formula is C38H72NO6+. The number of allylic oxidation sites excluding steroid dienone is 1. The first-order chi connectivity index (χ1) is 21.5. The van der Waals surface area contributed by atoms with Gasteiger partial charge < -0.3 is 19.8 Å². The van der Waals surface area contributed by atoms with Gasteiger partial charge in [-0.3, -0.25) is 14.4 Å². The molecule has 3 unspecified atom stereocenters. The second-order valence-corrected chi connectivity index (χ2v) is 14.1. The van der Waals surface area contributed by atoms with Gasteiger partial charge in [-0.25, -0.2) is 0 Å². The van der Waals surface area contributed by atoms with Gasteiger partial charge >= 0.3 is 17.9 Å². The number of unbranched alkanes of at least 4 members (excludes halogenated alkanes) is 19. The summed E-state index contributed by atoms with van der Waals surface area (Å²) in [6, 6.07) is 0. The van der Waals surface area contributed by atoms with E-state index in [9.17, 15) is 29.7 Å². The third kappa shape index (κ3) is 24.9. The molecule has 0 heterocycles. The molecule has 3 N–H and O–H groups in total. The van der Waals surface area contributed by atoms with Gasteiger partial charge in [0.15, 0.2) is 0 Å². The van der Waals surface area contributed by atoms with E-state index >= 15 is 0 Å². The average molecular weight is 639 g/mol. The van der Waals surface area contributed by atoms with Crippen LogP contribution in [-0.4, -0.2) is 63.9 Å². The highest BCUT2D eigenvalue weighted by atomic mass is 16.4. The number of aliphatic carboxylic acids is 3. The van der Waals surface area contributed by atoms with Crippen molar-refractivity contribution < 1.29 is 34.2 Å². The number of nitrogens with zero attached hydrogens (tertiary/aromatic N) is 1. The first-order valence-electron chi connectivity index (χ1n) is 18.7. The maximum absolute atomic E-state index is 11.5. The van der Waals surface area contributed by atoms with Gasteiger partial charge in [-0.2, -0.15) is 0 Å². The molecule has 0 aliphatic rings. The molecule has 7 nitrogen and oxygen atoms in total. The van der Waals surface area contributed by atoms with E-state index in [2.05, 4.69) is 6.58 Å². The molecular weight excluding hydrogens is 566 g/mol. The Bertz CT molecular complexity index is 710. The van der Waals surface area contributed by atoms with Crippen molar-refractivity contribution in [1.29, 1.82) is 0 Å². The van der Waals surface area contributed by atoms with Crippen molar-refractivity contribution in [3.05, 3.63) is 12.7 Å². The Morgan fingerprint density at radius 3 is 0.956 bits per heavy atom. The Morgan fingerprint density at radius 1 is 0.467 bits per heavy atom. The highest BCUT2D eigenvalue weighted by Gasteiger charge is 2.31. The molecule has 0 saturated heterocycles. The Hall–Kier alpha value is -1.89. The summed E-state index contributed by atoms with van der Waals surface area (Å²) in [7, 11) is 0. The van der Waals surface area contributed by atoms with Gasteiger partial charge in [-0.05, 0) is 25.7 Å². The number of rotatable bonds is 34. The number of carbonyl (C=O) groups is 3.